The van der Waals surface area contributed by atoms with Gasteiger partial charge in [0.1, 0.15) is 11.8 Å². The van der Waals surface area contributed by atoms with Gasteiger partial charge in [0.05, 0.1) is 26.2 Å². The van der Waals surface area contributed by atoms with Gasteiger partial charge in [0, 0.05) is 11.9 Å². The van der Waals surface area contributed by atoms with E-state index in [0.29, 0.717) is 6.54 Å². The van der Waals surface area contributed by atoms with Gasteiger partial charge in [-0.05, 0) is 46.0 Å². The van der Waals surface area contributed by atoms with Gasteiger partial charge in [0.25, 0.3) is 0 Å². The molecule has 0 aromatic rings. The molecular weight excluding hydrogens is 422 g/mol. The quantitative estimate of drug-likeness (QED) is 0.149. The molecule has 0 radical (unpaired) electrons. The van der Waals surface area contributed by atoms with Crippen LogP contribution in [-0.4, -0.2) is 58.8 Å². The molecule has 0 aromatic heterocycles. The van der Waals surface area contributed by atoms with Crippen LogP contribution in [0.1, 0.15) is 91.9 Å². The Morgan fingerprint density at radius 2 is 1.15 bits per heavy atom. The number of nitrogens with zero attached hydrogens (tertiary/aromatic N) is 1. The molecule has 0 fully saturated rings. The Balaban J connectivity index is 4.84. The molecule has 0 aliphatic heterocycles. The fourth-order valence-corrected chi connectivity index (χ4v) is 4.47. The SMILES string of the molecule is CCC/C=C/CCCCCCCCC[N+](CC(C)C(=O)[O-])(CC(C)C(=O)O)CC(C)C(=O)O. The van der Waals surface area contributed by atoms with Crippen LogP contribution in [0.2, 0.25) is 0 Å². The van der Waals surface area contributed by atoms with Crippen LogP contribution >= 0.6 is 0 Å². The molecule has 33 heavy (non-hydrogen) atoms. The summed E-state index contributed by atoms with van der Waals surface area (Å²) in [4.78, 5) is 34.5. The Bertz CT molecular complexity index is 549. The highest BCUT2D eigenvalue weighted by molar-refractivity contribution is 5.70. The molecule has 0 saturated carbocycles. The van der Waals surface area contributed by atoms with E-state index in [4.69, 9.17) is 0 Å². The zero-order valence-corrected chi connectivity index (χ0v) is 21.3. The highest BCUT2D eigenvalue weighted by atomic mass is 16.4. The highest BCUT2D eigenvalue weighted by Gasteiger charge is 2.36. The molecule has 0 rings (SSSR count). The van der Waals surface area contributed by atoms with Crippen molar-refractivity contribution in [1.82, 2.24) is 0 Å². The number of hydrogen-bond acceptors (Lipinski definition) is 4. The third-order valence-electron chi connectivity index (χ3n) is 6.35. The molecule has 0 aliphatic carbocycles. The Kier molecular flexibility index (Phi) is 16.6. The fraction of sp³-hybridized carbons (Fsp3) is 0.808. The monoisotopic (exact) mass is 469 g/mol. The zero-order chi connectivity index (χ0) is 25.3. The van der Waals surface area contributed by atoms with Crippen LogP contribution in [0.3, 0.4) is 0 Å². The van der Waals surface area contributed by atoms with E-state index in [1.807, 2.05) is 0 Å². The average Bonchev–Trinajstić information content (AvgIpc) is 2.74. The summed E-state index contributed by atoms with van der Waals surface area (Å²) in [5.74, 6) is -5.25. The topological polar surface area (TPSA) is 115 Å². The van der Waals surface area contributed by atoms with Crippen molar-refractivity contribution in [3.05, 3.63) is 12.2 Å². The van der Waals surface area contributed by atoms with E-state index in [1.165, 1.54) is 25.7 Å². The molecule has 0 saturated heterocycles. The lowest BCUT2D eigenvalue weighted by Gasteiger charge is -2.43. The van der Waals surface area contributed by atoms with Crippen LogP contribution in [0, 0.1) is 17.8 Å². The predicted octanol–water partition coefficient (Wildman–Crippen LogP) is 4.11. The second kappa shape index (κ2) is 17.6. The number of allylic oxidation sites excluding steroid dienone is 2. The maximum atomic E-state index is 11.5. The number of carbonyl (C=O) groups is 3. The molecule has 0 aromatic carbocycles. The second-order valence-electron chi connectivity index (χ2n) is 9.84. The van der Waals surface area contributed by atoms with Gasteiger partial charge in [-0.15, -0.1) is 0 Å². The summed E-state index contributed by atoms with van der Waals surface area (Å²) in [5, 5.41) is 30.3. The standard InChI is InChI=1S/C26H47NO6/c1-5-6-7-8-9-10-11-12-13-14-15-16-17-27(18-21(2)24(28)29,19-22(3)25(30)31)20-23(4)26(32)33/h7-8,21-23H,5-6,9-20H2,1-4H3,(H2-,28,29,30,31,32,33)/b8-7+. The first-order chi connectivity index (χ1) is 15.5. The first kappa shape index (κ1) is 31.1. The highest BCUT2D eigenvalue weighted by Crippen LogP contribution is 2.22. The minimum atomic E-state index is -1.19. The molecule has 7 nitrogen and oxygen atoms in total. The van der Waals surface area contributed by atoms with E-state index in [2.05, 4.69) is 19.1 Å². The van der Waals surface area contributed by atoms with Crippen molar-refractivity contribution in [3.8, 4) is 0 Å². The summed E-state index contributed by atoms with van der Waals surface area (Å²) in [5.41, 5.74) is 0. The predicted molar refractivity (Wildman–Crippen MR) is 128 cm³/mol. The van der Waals surface area contributed by atoms with E-state index in [-0.39, 0.29) is 24.1 Å². The molecule has 0 spiro atoms. The fourth-order valence-electron chi connectivity index (χ4n) is 4.47. The Morgan fingerprint density at radius 1 is 0.727 bits per heavy atom. The van der Waals surface area contributed by atoms with Crippen LogP contribution in [-0.2, 0) is 14.4 Å². The molecule has 2 N–H and O–H groups in total. The number of quaternary nitrogens is 1. The zero-order valence-electron chi connectivity index (χ0n) is 21.3. The van der Waals surface area contributed by atoms with E-state index in [9.17, 15) is 29.7 Å². The molecule has 3 atom stereocenters. The Labute approximate surface area is 200 Å². The first-order valence-corrected chi connectivity index (χ1v) is 12.7. The summed E-state index contributed by atoms with van der Waals surface area (Å²) in [6.45, 7) is 8.13. The summed E-state index contributed by atoms with van der Waals surface area (Å²) in [6.07, 6.45) is 15.6. The van der Waals surface area contributed by atoms with Crippen LogP contribution in [0.25, 0.3) is 0 Å². The average molecular weight is 470 g/mol. The van der Waals surface area contributed by atoms with E-state index < -0.39 is 35.7 Å². The number of aliphatic carboxylic acids is 3. The number of rotatable bonds is 21. The van der Waals surface area contributed by atoms with Crippen LogP contribution in [0.15, 0.2) is 12.2 Å². The van der Waals surface area contributed by atoms with Crippen molar-refractivity contribution in [2.24, 2.45) is 17.8 Å². The number of carboxylic acid groups (broad SMARTS) is 3. The van der Waals surface area contributed by atoms with E-state index >= 15 is 0 Å². The summed E-state index contributed by atoms with van der Waals surface area (Å²) in [7, 11) is 0. The lowest BCUT2D eigenvalue weighted by atomic mass is 10.0. The smallest absolute Gasteiger partial charge is 0.311 e. The van der Waals surface area contributed by atoms with Crippen LogP contribution in [0.5, 0.6) is 0 Å². The van der Waals surface area contributed by atoms with Crippen molar-refractivity contribution < 1.29 is 34.2 Å². The van der Waals surface area contributed by atoms with Gasteiger partial charge in [-0.1, -0.05) is 58.1 Å². The summed E-state index contributed by atoms with van der Waals surface area (Å²) >= 11 is 0. The molecule has 3 unspecified atom stereocenters. The van der Waals surface area contributed by atoms with Gasteiger partial charge in [0.15, 0.2) is 0 Å². The third-order valence-corrected chi connectivity index (χ3v) is 6.35. The normalized spacial score (nSPS) is 16.2. The van der Waals surface area contributed by atoms with Gasteiger partial charge >= 0.3 is 11.9 Å². The molecule has 0 amide bonds. The maximum absolute atomic E-state index is 11.5. The lowest BCUT2D eigenvalue weighted by Crippen LogP contribution is -2.58. The minimum Gasteiger partial charge on any atom is -0.550 e. The summed E-state index contributed by atoms with van der Waals surface area (Å²) in [6, 6.07) is 0. The molecule has 7 heteroatoms. The van der Waals surface area contributed by atoms with Crippen molar-refractivity contribution in [3.63, 3.8) is 0 Å². The van der Waals surface area contributed by atoms with Crippen LogP contribution < -0.4 is 5.11 Å². The van der Waals surface area contributed by atoms with Gasteiger partial charge < -0.3 is 24.6 Å². The van der Waals surface area contributed by atoms with Gasteiger partial charge in [-0.25, -0.2) is 0 Å². The largest absolute Gasteiger partial charge is 0.550 e. The Morgan fingerprint density at radius 3 is 1.61 bits per heavy atom. The number of carboxylic acids is 3. The molecule has 192 valence electrons. The lowest BCUT2D eigenvalue weighted by molar-refractivity contribution is -0.934. The second-order valence-corrected chi connectivity index (χ2v) is 9.84. The van der Waals surface area contributed by atoms with Gasteiger partial charge in [-0.3, -0.25) is 9.59 Å². The number of carbonyl (C=O) groups excluding carboxylic acids is 1. The minimum absolute atomic E-state index is 0.181. The van der Waals surface area contributed by atoms with Crippen molar-refractivity contribution >= 4 is 17.9 Å². The summed E-state index contributed by atoms with van der Waals surface area (Å²) < 4.78 is 0.181. The van der Waals surface area contributed by atoms with Gasteiger partial charge in [-0.2, -0.15) is 0 Å². The van der Waals surface area contributed by atoms with Crippen molar-refractivity contribution in [2.45, 2.75) is 91.9 Å². The van der Waals surface area contributed by atoms with Crippen molar-refractivity contribution in [1.29, 1.82) is 0 Å². The Hall–Kier alpha value is -1.89. The van der Waals surface area contributed by atoms with E-state index in [1.54, 1.807) is 20.8 Å². The molecule has 0 aliphatic rings. The maximum Gasteiger partial charge on any atom is 0.311 e. The van der Waals surface area contributed by atoms with Gasteiger partial charge in [0.2, 0.25) is 0 Å². The third kappa shape index (κ3) is 14.8. The first-order valence-electron chi connectivity index (χ1n) is 12.7. The number of unbranched alkanes of at least 4 members (excludes halogenated alkanes) is 8. The molecule has 0 bridgehead atoms. The molecular formula is C26H47NO6. The van der Waals surface area contributed by atoms with Crippen molar-refractivity contribution in [2.75, 3.05) is 26.2 Å². The van der Waals surface area contributed by atoms with Crippen LogP contribution in [0.4, 0.5) is 0 Å². The molecule has 0 heterocycles. The van der Waals surface area contributed by atoms with E-state index in [0.717, 1.165) is 38.5 Å². The number of hydrogen-bond donors (Lipinski definition) is 2.